The van der Waals surface area contributed by atoms with Crippen LogP contribution in [0.25, 0.3) is 0 Å². The fourth-order valence-corrected chi connectivity index (χ4v) is 4.68. The average molecular weight is 400 g/mol. The molecular formula is C20H37NO5Si. The van der Waals surface area contributed by atoms with Crippen LogP contribution in [0, 0.1) is 15.5 Å². The second-order valence-electron chi connectivity index (χ2n) is 9.64. The van der Waals surface area contributed by atoms with Gasteiger partial charge in [0.05, 0.1) is 0 Å². The molecule has 7 heteroatoms. The van der Waals surface area contributed by atoms with Gasteiger partial charge in [0.1, 0.15) is 12.7 Å². The Kier molecular flexibility index (Phi) is 8.23. The molecule has 0 saturated carbocycles. The van der Waals surface area contributed by atoms with Crippen molar-refractivity contribution in [2.24, 2.45) is 5.41 Å². The highest BCUT2D eigenvalue weighted by atomic mass is 28.4. The first kappa shape index (κ1) is 23.8. The third-order valence-electron chi connectivity index (χ3n) is 5.92. The summed E-state index contributed by atoms with van der Waals surface area (Å²) < 4.78 is 11.5. The van der Waals surface area contributed by atoms with Gasteiger partial charge in [-0.1, -0.05) is 33.8 Å². The first-order chi connectivity index (χ1) is 12.2. The Balaban J connectivity index is 2.79. The van der Waals surface area contributed by atoms with Crippen molar-refractivity contribution in [3.63, 3.8) is 0 Å². The Morgan fingerprint density at radius 2 is 2.04 bits per heavy atom. The third kappa shape index (κ3) is 8.13. The largest absolute Gasteiger partial charge is 0.461 e. The van der Waals surface area contributed by atoms with Gasteiger partial charge in [0, 0.05) is 11.8 Å². The molecule has 0 aromatic carbocycles. The van der Waals surface area contributed by atoms with Crippen LogP contribution in [0.1, 0.15) is 66.7 Å². The van der Waals surface area contributed by atoms with Crippen LogP contribution in [-0.2, 0) is 14.0 Å². The maximum atomic E-state index is 11.2. The predicted molar refractivity (Wildman–Crippen MR) is 110 cm³/mol. The minimum atomic E-state index is -2.06. The Hall–Kier alpha value is -1.21. The lowest BCUT2D eigenvalue weighted by molar-refractivity contribution is -0.489. The third-order valence-corrected chi connectivity index (χ3v) is 10.5. The zero-order valence-electron chi connectivity index (χ0n) is 18.1. The van der Waals surface area contributed by atoms with Crippen molar-refractivity contribution in [3.05, 3.63) is 21.8 Å². The van der Waals surface area contributed by atoms with E-state index in [4.69, 9.17) is 9.16 Å². The molecule has 2 atom stereocenters. The van der Waals surface area contributed by atoms with Gasteiger partial charge in [0.15, 0.2) is 8.32 Å². The first-order valence-corrected chi connectivity index (χ1v) is 12.8. The lowest BCUT2D eigenvalue weighted by Crippen LogP contribution is -2.45. The van der Waals surface area contributed by atoms with E-state index in [1.807, 2.05) is 0 Å². The summed E-state index contributed by atoms with van der Waals surface area (Å²) in [5.41, 5.74) is 1.12. The maximum absolute atomic E-state index is 11.2. The van der Waals surface area contributed by atoms with E-state index in [0.29, 0.717) is 13.0 Å². The second kappa shape index (κ2) is 9.32. The standard InChI is InChI=1S/C20H37NO5Si/c1-16(22)25-15-17-9-8-11-20(5,13-17)12-10-18(14-21(23)24)26-27(6,7)19(2,3)4/h13,18H,8-12,14-15H2,1-7H3/t18?,20-/m1/s1. The molecule has 0 heterocycles. The maximum Gasteiger partial charge on any atom is 0.302 e. The van der Waals surface area contributed by atoms with Crippen molar-refractivity contribution < 1.29 is 18.9 Å². The van der Waals surface area contributed by atoms with Gasteiger partial charge in [0.25, 0.3) is 0 Å². The number of carbonyl (C=O) groups is 1. The van der Waals surface area contributed by atoms with E-state index in [0.717, 1.165) is 31.3 Å². The highest BCUT2D eigenvalue weighted by Crippen LogP contribution is 2.41. The topological polar surface area (TPSA) is 78.7 Å². The van der Waals surface area contributed by atoms with Crippen LogP contribution in [0.2, 0.25) is 18.1 Å². The van der Waals surface area contributed by atoms with Crippen molar-refractivity contribution in [2.45, 2.75) is 91.0 Å². The molecule has 0 fully saturated rings. The smallest absolute Gasteiger partial charge is 0.302 e. The summed E-state index contributed by atoms with van der Waals surface area (Å²) in [5, 5.41) is 11.2. The van der Waals surface area contributed by atoms with E-state index in [-0.39, 0.29) is 34.0 Å². The van der Waals surface area contributed by atoms with Crippen LogP contribution >= 0.6 is 0 Å². The van der Waals surface area contributed by atoms with E-state index in [1.54, 1.807) is 0 Å². The Morgan fingerprint density at radius 1 is 1.41 bits per heavy atom. The minimum absolute atomic E-state index is 0.0215. The lowest BCUT2D eigenvalue weighted by atomic mass is 9.74. The number of rotatable bonds is 9. The van der Waals surface area contributed by atoms with Crippen molar-refractivity contribution in [2.75, 3.05) is 13.2 Å². The molecule has 0 aromatic heterocycles. The molecule has 1 aliphatic rings. The zero-order chi connectivity index (χ0) is 20.9. The molecule has 1 unspecified atom stereocenters. The van der Waals surface area contributed by atoms with Gasteiger partial charge in [-0.15, -0.1) is 0 Å². The number of hydrogen-bond donors (Lipinski definition) is 0. The molecular weight excluding hydrogens is 362 g/mol. The molecule has 1 rings (SSSR count). The van der Waals surface area contributed by atoms with Gasteiger partial charge in [-0.25, -0.2) is 0 Å². The zero-order valence-corrected chi connectivity index (χ0v) is 19.1. The molecule has 0 radical (unpaired) electrons. The van der Waals surface area contributed by atoms with E-state index in [1.165, 1.54) is 6.92 Å². The van der Waals surface area contributed by atoms with Gasteiger partial charge >= 0.3 is 5.97 Å². The molecule has 156 valence electrons. The molecule has 0 N–H and O–H groups in total. The lowest BCUT2D eigenvalue weighted by Gasteiger charge is -2.39. The number of allylic oxidation sites excluding steroid dienone is 1. The number of nitrogens with zero attached hydrogens (tertiary/aromatic N) is 1. The molecule has 27 heavy (non-hydrogen) atoms. The number of esters is 1. The van der Waals surface area contributed by atoms with Crippen LogP contribution in [0.4, 0.5) is 0 Å². The number of nitro groups is 1. The monoisotopic (exact) mass is 399 g/mol. The predicted octanol–water partition coefficient (Wildman–Crippen LogP) is 5.11. The SMILES string of the molecule is CC(=O)OCC1=C[C@@](C)(CCC(C[N+](=O)[O-])O[Si](C)(C)C(C)(C)C)CCC1. The summed E-state index contributed by atoms with van der Waals surface area (Å²) in [5.74, 6) is -0.267. The van der Waals surface area contributed by atoms with Gasteiger partial charge in [-0.05, 0) is 61.2 Å². The van der Waals surface area contributed by atoms with Crippen molar-refractivity contribution in [1.82, 2.24) is 0 Å². The number of carbonyl (C=O) groups excluding carboxylic acids is 1. The van der Waals surface area contributed by atoms with Crippen LogP contribution in [0.15, 0.2) is 11.6 Å². The first-order valence-electron chi connectivity index (χ1n) is 9.88. The molecule has 0 spiro atoms. The molecule has 0 aliphatic heterocycles. The van der Waals surface area contributed by atoms with Gasteiger partial charge in [-0.3, -0.25) is 14.9 Å². The normalized spacial score (nSPS) is 22.1. The summed E-state index contributed by atoms with van der Waals surface area (Å²) in [4.78, 5) is 22.0. The fourth-order valence-electron chi connectivity index (χ4n) is 3.30. The van der Waals surface area contributed by atoms with Crippen molar-refractivity contribution in [1.29, 1.82) is 0 Å². The van der Waals surface area contributed by atoms with Gasteiger partial charge < -0.3 is 9.16 Å². The van der Waals surface area contributed by atoms with Gasteiger partial charge in [0.2, 0.25) is 6.54 Å². The quantitative estimate of drug-likeness (QED) is 0.177. The molecule has 6 nitrogen and oxygen atoms in total. The van der Waals surface area contributed by atoms with Crippen LogP contribution < -0.4 is 0 Å². The van der Waals surface area contributed by atoms with Crippen LogP contribution in [-0.4, -0.2) is 38.5 Å². The molecule has 0 bridgehead atoms. The Labute approximate surface area is 165 Å². The number of ether oxygens (including phenoxy) is 1. The van der Waals surface area contributed by atoms with E-state index in [2.05, 4.69) is 46.9 Å². The van der Waals surface area contributed by atoms with Crippen molar-refractivity contribution >= 4 is 14.3 Å². The van der Waals surface area contributed by atoms with Crippen LogP contribution in [0.3, 0.4) is 0 Å². The highest BCUT2D eigenvalue weighted by Gasteiger charge is 2.40. The molecule has 0 saturated heterocycles. The van der Waals surface area contributed by atoms with E-state index in [9.17, 15) is 14.9 Å². The Morgan fingerprint density at radius 3 is 2.56 bits per heavy atom. The van der Waals surface area contributed by atoms with Crippen molar-refractivity contribution in [3.8, 4) is 0 Å². The molecule has 0 amide bonds. The highest BCUT2D eigenvalue weighted by molar-refractivity contribution is 6.74. The summed E-state index contributed by atoms with van der Waals surface area (Å²) in [7, 11) is -2.06. The minimum Gasteiger partial charge on any atom is -0.461 e. The molecule has 0 aromatic rings. The summed E-state index contributed by atoms with van der Waals surface area (Å²) in [6.07, 6.45) is 6.40. The van der Waals surface area contributed by atoms with Gasteiger partial charge in [-0.2, -0.15) is 0 Å². The summed E-state index contributed by atoms with van der Waals surface area (Å²) in [6.45, 7) is 14.5. The van der Waals surface area contributed by atoms with Crippen LogP contribution in [0.5, 0.6) is 0 Å². The fraction of sp³-hybridized carbons (Fsp3) is 0.850. The summed E-state index contributed by atoms with van der Waals surface area (Å²) in [6, 6.07) is 0. The Bertz CT molecular complexity index is 567. The second-order valence-corrected chi connectivity index (χ2v) is 14.4. The summed E-state index contributed by atoms with van der Waals surface area (Å²) >= 11 is 0. The number of hydrogen-bond acceptors (Lipinski definition) is 5. The average Bonchev–Trinajstić information content (AvgIpc) is 2.49. The molecule has 1 aliphatic carbocycles. The van der Waals surface area contributed by atoms with E-state index >= 15 is 0 Å². The van der Waals surface area contributed by atoms with E-state index < -0.39 is 8.32 Å².